The Hall–Kier alpha value is -2.26. The maximum absolute atomic E-state index is 9.33. The maximum atomic E-state index is 9.33. The van der Waals surface area contributed by atoms with Gasteiger partial charge in [0.2, 0.25) is 0 Å². The Kier molecular flexibility index (Phi) is 5.41. The molecule has 2 aromatic carbocycles. The summed E-state index contributed by atoms with van der Waals surface area (Å²) in [6.07, 6.45) is 2.47. The molecule has 0 aliphatic heterocycles. The van der Waals surface area contributed by atoms with Crippen molar-refractivity contribution in [3.8, 4) is 11.5 Å². The van der Waals surface area contributed by atoms with Crippen molar-refractivity contribution in [3.05, 3.63) is 71.8 Å². The van der Waals surface area contributed by atoms with Gasteiger partial charge in [-0.1, -0.05) is 36.4 Å². The lowest BCUT2D eigenvalue weighted by atomic mass is 10.1. The van der Waals surface area contributed by atoms with E-state index in [0.717, 1.165) is 16.7 Å². The second-order valence-corrected chi connectivity index (χ2v) is 4.71. The normalized spacial score (nSPS) is 10.2. The Morgan fingerprint density at radius 2 is 1.90 bits per heavy atom. The van der Waals surface area contributed by atoms with Gasteiger partial charge in [-0.3, -0.25) is 0 Å². The lowest BCUT2D eigenvalue weighted by Gasteiger charge is -2.16. The van der Waals surface area contributed by atoms with Gasteiger partial charge in [-0.25, -0.2) is 0 Å². The third kappa shape index (κ3) is 3.86. The zero-order chi connectivity index (χ0) is 15.1. The molecule has 0 spiro atoms. The van der Waals surface area contributed by atoms with E-state index >= 15 is 0 Å². The van der Waals surface area contributed by atoms with E-state index < -0.39 is 0 Å². The predicted octanol–water partition coefficient (Wildman–Crippen LogP) is 3.50. The molecule has 0 unspecified atom stereocenters. The summed E-state index contributed by atoms with van der Waals surface area (Å²) in [5.74, 6) is 1.34. The number of aliphatic hydroxyl groups is 1. The first-order chi connectivity index (χ1) is 10.3. The van der Waals surface area contributed by atoms with Gasteiger partial charge in [0.15, 0.2) is 11.5 Å². The zero-order valence-electron chi connectivity index (χ0n) is 12.2. The van der Waals surface area contributed by atoms with Crippen LogP contribution in [0.2, 0.25) is 0 Å². The summed E-state index contributed by atoms with van der Waals surface area (Å²) in [5, 5.41) is 9.33. The van der Waals surface area contributed by atoms with Crippen molar-refractivity contribution in [1.82, 2.24) is 0 Å². The Balaban J connectivity index is 2.29. The highest BCUT2D eigenvalue weighted by Crippen LogP contribution is 2.34. The Morgan fingerprint density at radius 1 is 1.14 bits per heavy atom. The van der Waals surface area contributed by atoms with Gasteiger partial charge in [0, 0.05) is 5.56 Å². The van der Waals surface area contributed by atoms with E-state index in [1.54, 1.807) is 13.2 Å². The van der Waals surface area contributed by atoms with Crippen molar-refractivity contribution < 1.29 is 14.6 Å². The van der Waals surface area contributed by atoms with Gasteiger partial charge < -0.3 is 14.6 Å². The summed E-state index contributed by atoms with van der Waals surface area (Å²) in [5.41, 5.74) is 2.86. The van der Waals surface area contributed by atoms with E-state index in [1.165, 1.54) is 0 Å². The highest BCUT2D eigenvalue weighted by molar-refractivity contribution is 5.50. The second kappa shape index (κ2) is 7.50. The van der Waals surface area contributed by atoms with Crippen molar-refractivity contribution in [2.75, 3.05) is 7.11 Å². The van der Waals surface area contributed by atoms with Gasteiger partial charge in [-0.15, -0.1) is 6.58 Å². The zero-order valence-corrected chi connectivity index (χ0v) is 12.2. The first kappa shape index (κ1) is 15.1. The number of aliphatic hydroxyl groups excluding tert-OH is 1. The molecule has 2 aromatic rings. The molecule has 0 amide bonds. The fourth-order valence-corrected chi connectivity index (χ4v) is 2.17. The molecule has 1 N–H and O–H groups in total. The maximum Gasteiger partial charge on any atom is 0.165 e. The number of hydrogen-bond acceptors (Lipinski definition) is 3. The number of allylic oxidation sites excluding steroid dienone is 1. The molecular weight excluding hydrogens is 264 g/mol. The van der Waals surface area contributed by atoms with Gasteiger partial charge in [0.05, 0.1) is 13.7 Å². The van der Waals surface area contributed by atoms with E-state index in [9.17, 15) is 5.11 Å². The third-order valence-corrected chi connectivity index (χ3v) is 3.18. The topological polar surface area (TPSA) is 38.7 Å². The molecule has 0 fully saturated rings. The molecular formula is C18H20O3. The van der Waals surface area contributed by atoms with Crippen LogP contribution < -0.4 is 9.47 Å². The smallest absolute Gasteiger partial charge is 0.165 e. The summed E-state index contributed by atoms with van der Waals surface area (Å²) >= 11 is 0. The van der Waals surface area contributed by atoms with Crippen LogP contribution in [0, 0.1) is 0 Å². The van der Waals surface area contributed by atoms with Gasteiger partial charge in [0.25, 0.3) is 0 Å². The summed E-state index contributed by atoms with van der Waals surface area (Å²) in [6, 6.07) is 13.7. The molecule has 0 aliphatic rings. The van der Waals surface area contributed by atoms with Gasteiger partial charge >= 0.3 is 0 Å². The van der Waals surface area contributed by atoms with Crippen LogP contribution in [0.5, 0.6) is 11.5 Å². The van der Waals surface area contributed by atoms with E-state index in [2.05, 4.69) is 6.58 Å². The minimum atomic E-state index is -0.0283. The predicted molar refractivity (Wildman–Crippen MR) is 83.6 cm³/mol. The Morgan fingerprint density at radius 3 is 2.52 bits per heavy atom. The minimum absolute atomic E-state index is 0.0283. The van der Waals surface area contributed by atoms with Crippen LogP contribution in [-0.2, 0) is 19.6 Å². The van der Waals surface area contributed by atoms with Crippen molar-refractivity contribution >= 4 is 0 Å². The number of hydrogen-bond donors (Lipinski definition) is 1. The molecule has 0 aliphatic carbocycles. The Bertz CT molecular complexity index is 591. The number of methoxy groups -OCH3 is 1. The van der Waals surface area contributed by atoms with E-state index in [-0.39, 0.29) is 6.61 Å². The summed E-state index contributed by atoms with van der Waals surface area (Å²) < 4.78 is 11.3. The van der Waals surface area contributed by atoms with E-state index in [1.807, 2.05) is 42.5 Å². The highest BCUT2D eigenvalue weighted by Gasteiger charge is 2.12. The van der Waals surface area contributed by atoms with Crippen LogP contribution in [0.3, 0.4) is 0 Å². The van der Waals surface area contributed by atoms with Crippen LogP contribution in [-0.4, -0.2) is 12.2 Å². The van der Waals surface area contributed by atoms with Crippen LogP contribution in [0.25, 0.3) is 0 Å². The molecule has 0 radical (unpaired) electrons. The highest BCUT2D eigenvalue weighted by atomic mass is 16.5. The van der Waals surface area contributed by atoms with Crippen molar-refractivity contribution in [1.29, 1.82) is 0 Å². The number of benzene rings is 2. The average Bonchev–Trinajstić information content (AvgIpc) is 2.54. The van der Waals surface area contributed by atoms with E-state index in [0.29, 0.717) is 24.5 Å². The van der Waals surface area contributed by atoms with Gasteiger partial charge in [-0.2, -0.15) is 0 Å². The second-order valence-electron chi connectivity index (χ2n) is 4.71. The fourth-order valence-electron chi connectivity index (χ4n) is 2.17. The van der Waals surface area contributed by atoms with Gasteiger partial charge in [0.1, 0.15) is 6.61 Å². The van der Waals surface area contributed by atoms with E-state index in [4.69, 9.17) is 9.47 Å². The summed E-state index contributed by atoms with van der Waals surface area (Å²) in [6.45, 7) is 4.21. The van der Waals surface area contributed by atoms with Crippen LogP contribution >= 0.6 is 0 Å². The van der Waals surface area contributed by atoms with Gasteiger partial charge in [-0.05, 0) is 29.7 Å². The molecule has 110 valence electrons. The first-order valence-electron chi connectivity index (χ1n) is 6.86. The quantitative estimate of drug-likeness (QED) is 0.791. The van der Waals surface area contributed by atoms with Crippen molar-refractivity contribution in [3.63, 3.8) is 0 Å². The molecule has 0 bridgehead atoms. The van der Waals surface area contributed by atoms with Crippen LogP contribution in [0.4, 0.5) is 0 Å². The van der Waals surface area contributed by atoms with Crippen molar-refractivity contribution in [2.45, 2.75) is 19.6 Å². The molecule has 21 heavy (non-hydrogen) atoms. The lowest BCUT2D eigenvalue weighted by molar-refractivity contribution is 0.272. The lowest BCUT2D eigenvalue weighted by Crippen LogP contribution is -2.02. The number of rotatable bonds is 7. The van der Waals surface area contributed by atoms with Crippen LogP contribution in [0.1, 0.15) is 16.7 Å². The molecule has 0 saturated heterocycles. The molecule has 3 heteroatoms. The standard InChI is InChI=1S/C18H20O3/c1-3-7-16-10-15(12-19)11-17(20-2)18(16)21-13-14-8-5-4-6-9-14/h3-6,8-11,19H,1,7,12-13H2,2H3. The molecule has 0 saturated carbocycles. The van der Waals surface area contributed by atoms with Crippen LogP contribution in [0.15, 0.2) is 55.1 Å². The minimum Gasteiger partial charge on any atom is -0.493 e. The SMILES string of the molecule is C=CCc1cc(CO)cc(OC)c1OCc1ccccc1. The molecule has 0 atom stereocenters. The molecule has 2 rings (SSSR count). The van der Waals surface area contributed by atoms with Crippen molar-refractivity contribution in [2.24, 2.45) is 0 Å². The fraction of sp³-hybridized carbons (Fsp3) is 0.222. The monoisotopic (exact) mass is 284 g/mol. The third-order valence-electron chi connectivity index (χ3n) is 3.18. The molecule has 0 heterocycles. The first-order valence-corrected chi connectivity index (χ1v) is 6.86. The molecule has 0 aromatic heterocycles. The Labute approximate surface area is 125 Å². The summed E-state index contributed by atoms with van der Waals surface area (Å²) in [7, 11) is 1.60. The number of ether oxygens (including phenoxy) is 2. The summed E-state index contributed by atoms with van der Waals surface area (Å²) in [4.78, 5) is 0. The largest absolute Gasteiger partial charge is 0.493 e. The molecule has 3 nitrogen and oxygen atoms in total. The average molecular weight is 284 g/mol.